The van der Waals surface area contributed by atoms with Crippen molar-refractivity contribution < 1.29 is 9.47 Å². The molecule has 148 valence electrons. The lowest BCUT2D eigenvalue weighted by Gasteiger charge is -2.17. The Hall–Kier alpha value is -4.13. The number of aromatic amines is 1. The average Bonchev–Trinajstić information content (AvgIpc) is 3.15. The maximum absolute atomic E-state index is 13.2. The minimum atomic E-state index is -0.277. The molecule has 0 saturated heterocycles. The Kier molecular flexibility index (Phi) is 4.61. The van der Waals surface area contributed by atoms with Crippen LogP contribution in [0.2, 0.25) is 0 Å². The standard InChI is InChI=1S/C23H18N4O3/c28-23-22(25-24-17-11-12-19-20(15-17)30-14-13-29-19)21(16-7-3-1-4-8-16)26-27(23)18-9-5-2-6-10-18/h1-12,15,26H,13-14H2. The highest BCUT2D eigenvalue weighted by molar-refractivity contribution is 5.72. The van der Waals surface area contributed by atoms with E-state index in [9.17, 15) is 4.79 Å². The van der Waals surface area contributed by atoms with Gasteiger partial charge in [0.15, 0.2) is 17.2 Å². The zero-order valence-corrected chi connectivity index (χ0v) is 16.0. The van der Waals surface area contributed by atoms with Crippen molar-refractivity contribution in [2.75, 3.05) is 13.2 Å². The predicted octanol–water partition coefficient (Wildman–Crippen LogP) is 5.02. The number of azo groups is 1. The zero-order chi connectivity index (χ0) is 20.3. The van der Waals surface area contributed by atoms with Gasteiger partial charge in [0.2, 0.25) is 0 Å². The van der Waals surface area contributed by atoms with Crippen LogP contribution in [0.25, 0.3) is 16.9 Å². The highest BCUT2D eigenvalue weighted by atomic mass is 16.6. The van der Waals surface area contributed by atoms with E-state index in [1.165, 1.54) is 4.68 Å². The van der Waals surface area contributed by atoms with E-state index >= 15 is 0 Å². The Morgan fingerprint density at radius 3 is 2.27 bits per heavy atom. The number of hydrogen-bond acceptors (Lipinski definition) is 5. The number of nitrogens with one attached hydrogen (secondary N) is 1. The van der Waals surface area contributed by atoms with Crippen LogP contribution in [-0.2, 0) is 0 Å². The summed E-state index contributed by atoms with van der Waals surface area (Å²) in [5, 5.41) is 11.8. The number of para-hydroxylation sites is 1. The first-order chi connectivity index (χ1) is 14.8. The first-order valence-electron chi connectivity index (χ1n) is 9.57. The molecule has 1 aliphatic rings. The molecule has 5 rings (SSSR count). The van der Waals surface area contributed by atoms with Crippen molar-refractivity contribution in [1.29, 1.82) is 0 Å². The molecule has 0 radical (unpaired) electrons. The van der Waals surface area contributed by atoms with Gasteiger partial charge in [-0.05, 0) is 24.3 Å². The summed E-state index contributed by atoms with van der Waals surface area (Å²) in [6, 6.07) is 24.3. The number of hydrogen-bond donors (Lipinski definition) is 1. The van der Waals surface area contributed by atoms with Crippen LogP contribution in [0.15, 0.2) is 93.9 Å². The lowest BCUT2D eigenvalue weighted by atomic mass is 10.1. The molecule has 0 fully saturated rings. The van der Waals surface area contributed by atoms with Gasteiger partial charge in [0.1, 0.15) is 13.2 Å². The molecule has 30 heavy (non-hydrogen) atoms. The van der Waals surface area contributed by atoms with Crippen molar-refractivity contribution in [3.05, 3.63) is 89.2 Å². The smallest absolute Gasteiger partial charge is 0.299 e. The summed E-state index contributed by atoms with van der Waals surface area (Å²) in [5.41, 5.74) is 2.71. The zero-order valence-electron chi connectivity index (χ0n) is 16.0. The first-order valence-corrected chi connectivity index (χ1v) is 9.57. The van der Waals surface area contributed by atoms with Gasteiger partial charge >= 0.3 is 0 Å². The number of nitrogens with zero attached hydrogens (tertiary/aromatic N) is 3. The maximum Gasteiger partial charge on any atom is 0.299 e. The minimum Gasteiger partial charge on any atom is -0.486 e. The van der Waals surface area contributed by atoms with E-state index in [1.54, 1.807) is 18.2 Å². The first kappa shape index (κ1) is 17.9. The van der Waals surface area contributed by atoms with Gasteiger partial charge in [0.25, 0.3) is 5.56 Å². The van der Waals surface area contributed by atoms with Gasteiger partial charge in [0.05, 0.1) is 17.1 Å². The van der Waals surface area contributed by atoms with Crippen LogP contribution in [0.4, 0.5) is 11.4 Å². The van der Waals surface area contributed by atoms with E-state index in [-0.39, 0.29) is 11.2 Å². The maximum atomic E-state index is 13.2. The SMILES string of the molecule is O=c1c(N=Nc2ccc3c(c2)OCCO3)c(-c2ccccc2)[nH]n1-c1ccccc1. The monoisotopic (exact) mass is 398 g/mol. The Morgan fingerprint density at radius 2 is 1.50 bits per heavy atom. The van der Waals surface area contributed by atoms with Gasteiger partial charge in [0, 0.05) is 11.6 Å². The Labute approximate surface area is 172 Å². The summed E-state index contributed by atoms with van der Waals surface area (Å²) in [6.45, 7) is 1.02. The lowest BCUT2D eigenvalue weighted by Crippen LogP contribution is -2.14. The molecule has 0 amide bonds. The second kappa shape index (κ2) is 7.71. The topological polar surface area (TPSA) is 81.0 Å². The highest BCUT2D eigenvalue weighted by Crippen LogP contribution is 2.35. The molecular weight excluding hydrogens is 380 g/mol. The molecule has 2 heterocycles. The molecule has 4 aromatic rings. The van der Waals surface area contributed by atoms with Crippen molar-refractivity contribution in [3.8, 4) is 28.4 Å². The van der Waals surface area contributed by atoms with Gasteiger partial charge in [-0.2, -0.15) is 5.11 Å². The predicted molar refractivity (Wildman–Crippen MR) is 113 cm³/mol. The van der Waals surface area contributed by atoms with Crippen molar-refractivity contribution in [2.24, 2.45) is 10.2 Å². The van der Waals surface area contributed by atoms with Crippen LogP contribution in [0.1, 0.15) is 0 Å². The van der Waals surface area contributed by atoms with Crippen LogP contribution in [0, 0.1) is 0 Å². The van der Waals surface area contributed by atoms with Crippen molar-refractivity contribution >= 4 is 11.4 Å². The molecule has 1 aliphatic heterocycles. The summed E-state index contributed by atoms with van der Waals surface area (Å²) >= 11 is 0. The molecule has 7 nitrogen and oxygen atoms in total. The van der Waals surface area contributed by atoms with Crippen LogP contribution >= 0.6 is 0 Å². The number of fused-ring (bicyclic) bond motifs is 1. The highest BCUT2D eigenvalue weighted by Gasteiger charge is 2.17. The van der Waals surface area contributed by atoms with Crippen LogP contribution in [0.3, 0.4) is 0 Å². The summed E-state index contributed by atoms with van der Waals surface area (Å²) in [6.07, 6.45) is 0. The van der Waals surface area contributed by atoms with E-state index in [2.05, 4.69) is 15.3 Å². The number of ether oxygens (including phenoxy) is 2. The molecule has 0 aliphatic carbocycles. The van der Waals surface area contributed by atoms with Gasteiger partial charge < -0.3 is 9.47 Å². The Morgan fingerprint density at radius 1 is 0.800 bits per heavy atom. The fraction of sp³-hybridized carbons (Fsp3) is 0.0870. The normalized spacial score (nSPS) is 12.9. The van der Waals surface area contributed by atoms with E-state index in [0.717, 1.165) is 11.3 Å². The van der Waals surface area contributed by atoms with Gasteiger partial charge in [-0.3, -0.25) is 9.89 Å². The largest absolute Gasteiger partial charge is 0.486 e. The molecule has 7 heteroatoms. The molecule has 3 aromatic carbocycles. The number of H-pyrrole nitrogens is 1. The van der Waals surface area contributed by atoms with E-state index in [4.69, 9.17) is 9.47 Å². The summed E-state index contributed by atoms with van der Waals surface area (Å²) in [5.74, 6) is 1.30. The molecule has 0 atom stereocenters. The lowest BCUT2D eigenvalue weighted by molar-refractivity contribution is 0.171. The number of rotatable bonds is 4. The van der Waals surface area contributed by atoms with Crippen LogP contribution in [0.5, 0.6) is 11.5 Å². The Bertz CT molecular complexity index is 1260. The quantitative estimate of drug-likeness (QED) is 0.490. The molecule has 1 aromatic heterocycles. The van der Waals surface area contributed by atoms with Gasteiger partial charge in [-0.25, -0.2) is 4.68 Å². The molecule has 0 bridgehead atoms. The number of aromatic nitrogens is 2. The fourth-order valence-corrected chi connectivity index (χ4v) is 3.29. The van der Waals surface area contributed by atoms with E-state index in [0.29, 0.717) is 36.1 Å². The third kappa shape index (κ3) is 3.37. The molecule has 1 N–H and O–H groups in total. The Balaban J connectivity index is 1.59. The van der Waals surface area contributed by atoms with Crippen molar-refractivity contribution in [3.63, 3.8) is 0 Å². The van der Waals surface area contributed by atoms with Crippen LogP contribution < -0.4 is 15.0 Å². The molecular formula is C23H18N4O3. The van der Waals surface area contributed by atoms with Crippen molar-refractivity contribution in [1.82, 2.24) is 9.78 Å². The number of benzene rings is 3. The fourth-order valence-electron chi connectivity index (χ4n) is 3.29. The van der Waals surface area contributed by atoms with E-state index in [1.807, 2.05) is 60.7 Å². The minimum absolute atomic E-state index is 0.236. The van der Waals surface area contributed by atoms with Gasteiger partial charge in [-0.15, -0.1) is 5.11 Å². The third-order valence-electron chi connectivity index (χ3n) is 4.73. The second-order valence-electron chi connectivity index (χ2n) is 6.71. The average molecular weight is 398 g/mol. The second-order valence-corrected chi connectivity index (χ2v) is 6.71. The van der Waals surface area contributed by atoms with Crippen molar-refractivity contribution in [2.45, 2.75) is 0 Å². The molecule has 0 saturated carbocycles. The summed E-state index contributed by atoms with van der Waals surface area (Å²) in [7, 11) is 0. The molecule has 0 spiro atoms. The van der Waals surface area contributed by atoms with Gasteiger partial charge in [-0.1, -0.05) is 48.5 Å². The summed E-state index contributed by atoms with van der Waals surface area (Å²) < 4.78 is 12.6. The molecule has 0 unspecified atom stereocenters. The van der Waals surface area contributed by atoms with E-state index < -0.39 is 0 Å². The summed E-state index contributed by atoms with van der Waals surface area (Å²) in [4.78, 5) is 13.2. The van der Waals surface area contributed by atoms with Crippen LogP contribution in [-0.4, -0.2) is 23.0 Å². The third-order valence-corrected chi connectivity index (χ3v) is 4.73.